The van der Waals surface area contributed by atoms with Crippen LogP contribution in [0.4, 0.5) is 0 Å². The molecular formula is C11H11BrN2O2. The molecule has 0 spiro atoms. The fraction of sp³-hybridized carbons (Fsp3) is 0.182. The minimum atomic E-state index is 0.511. The van der Waals surface area contributed by atoms with E-state index in [1.165, 1.54) is 0 Å². The van der Waals surface area contributed by atoms with E-state index < -0.39 is 0 Å². The molecule has 5 heteroatoms. The van der Waals surface area contributed by atoms with Gasteiger partial charge in [0.05, 0.1) is 7.11 Å². The van der Waals surface area contributed by atoms with Crippen LogP contribution < -0.4 is 9.47 Å². The van der Waals surface area contributed by atoms with Crippen molar-refractivity contribution in [2.75, 3.05) is 7.11 Å². The summed E-state index contributed by atoms with van der Waals surface area (Å²) in [5.41, 5.74) is 0. The van der Waals surface area contributed by atoms with Crippen molar-refractivity contribution in [1.29, 1.82) is 0 Å². The zero-order valence-corrected chi connectivity index (χ0v) is 10.6. The van der Waals surface area contributed by atoms with Crippen LogP contribution in [-0.4, -0.2) is 16.7 Å². The second-order valence-electron chi connectivity index (χ2n) is 3.21. The van der Waals surface area contributed by atoms with Gasteiger partial charge in [0.25, 0.3) is 0 Å². The van der Waals surface area contributed by atoms with Crippen molar-refractivity contribution in [2.45, 2.75) is 0 Å². The van der Waals surface area contributed by atoms with Gasteiger partial charge in [-0.3, -0.25) is 0 Å². The van der Waals surface area contributed by atoms with Crippen LogP contribution in [0.2, 0.25) is 0 Å². The maximum absolute atomic E-state index is 5.65. The van der Waals surface area contributed by atoms with Crippen molar-refractivity contribution in [2.24, 2.45) is 7.05 Å². The molecule has 0 radical (unpaired) electrons. The van der Waals surface area contributed by atoms with Gasteiger partial charge >= 0.3 is 6.01 Å². The van der Waals surface area contributed by atoms with E-state index in [2.05, 4.69) is 20.9 Å². The lowest BCUT2D eigenvalue weighted by Crippen LogP contribution is -1.95. The third kappa shape index (κ3) is 2.19. The minimum Gasteiger partial charge on any atom is -0.493 e. The highest BCUT2D eigenvalue weighted by Crippen LogP contribution is 2.30. The van der Waals surface area contributed by atoms with E-state index in [-0.39, 0.29) is 0 Å². The molecule has 0 fully saturated rings. The molecule has 1 heterocycles. The molecule has 4 nitrogen and oxygen atoms in total. The van der Waals surface area contributed by atoms with E-state index in [0.29, 0.717) is 17.5 Å². The average Bonchev–Trinajstić information content (AvgIpc) is 2.58. The molecule has 0 aliphatic heterocycles. The monoisotopic (exact) mass is 282 g/mol. The van der Waals surface area contributed by atoms with Gasteiger partial charge in [0.2, 0.25) is 0 Å². The van der Waals surface area contributed by atoms with Gasteiger partial charge in [-0.15, -0.1) is 0 Å². The molecule has 0 saturated carbocycles. The van der Waals surface area contributed by atoms with Gasteiger partial charge in [-0.2, -0.15) is 4.98 Å². The second-order valence-corrected chi connectivity index (χ2v) is 4.02. The largest absolute Gasteiger partial charge is 0.493 e. The van der Waals surface area contributed by atoms with Gasteiger partial charge in [-0.25, -0.2) is 0 Å². The molecule has 84 valence electrons. The van der Waals surface area contributed by atoms with Crippen LogP contribution in [0.25, 0.3) is 0 Å². The summed E-state index contributed by atoms with van der Waals surface area (Å²) in [5.74, 6) is 1.33. The van der Waals surface area contributed by atoms with Crippen LogP contribution in [-0.2, 0) is 7.05 Å². The van der Waals surface area contributed by atoms with E-state index >= 15 is 0 Å². The standard InChI is InChI=1S/C11H11BrN2O2/c1-14-7-10(12)13-11(14)16-9-6-4-3-5-8(9)15-2/h3-7H,1-2H3. The van der Waals surface area contributed by atoms with Crippen LogP contribution in [0.3, 0.4) is 0 Å². The fourth-order valence-electron chi connectivity index (χ4n) is 1.31. The molecule has 0 aliphatic carbocycles. The lowest BCUT2D eigenvalue weighted by Gasteiger charge is -2.08. The maximum atomic E-state index is 5.65. The number of aryl methyl sites for hydroxylation is 1. The molecule has 0 amide bonds. The first-order valence-electron chi connectivity index (χ1n) is 4.70. The van der Waals surface area contributed by atoms with Crippen molar-refractivity contribution in [1.82, 2.24) is 9.55 Å². The van der Waals surface area contributed by atoms with Gasteiger partial charge in [0, 0.05) is 13.2 Å². The highest BCUT2D eigenvalue weighted by molar-refractivity contribution is 9.10. The highest BCUT2D eigenvalue weighted by atomic mass is 79.9. The normalized spacial score (nSPS) is 10.2. The van der Waals surface area contributed by atoms with E-state index in [4.69, 9.17) is 9.47 Å². The third-order valence-corrected chi connectivity index (χ3v) is 2.46. The van der Waals surface area contributed by atoms with Crippen LogP contribution in [0.1, 0.15) is 0 Å². The Labute approximate surface area is 102 Å². The Balaban J connectivity index is 2.30. The number of rotatable bonds is 3. The number of benzene rings is 1. The first-order valence-corrected chi connectivity index (χ1v) is 5.49. The fourth-order valence-corrected chi connectivity index (χ4v) is 1.77. The third-order valence-electron chi connectivity index (χ3n) is 2.07. The second kappa shape index (κ2) is 4.57. The van der Waals surface area contributed by atoms with Crippen LogP contribution >= 0.6 is 15.9 Å². The number of nitrogens with zero attached hydrogens (tertiary/aromatic N) is 2. The number of hydrogen-bond donors (Lipinski definition) is 0. The van der Waals surface area contributed by atoms with Crippen molar-refractivity contribution < 1.29 is 9.47 Å². The molecule has 0 atom stereocenters. The SMILES string of the molecule is COc1ccccc1Oc1nc(Br)cn1C. The lowest BCUT2D eigenvalue weighted by atomic mass is 10.3. The highest BCUT2D eigenvalue weighted by Gasteiger charge is 2.09. The molecule has 1 aromatic carbocycles. The van der Waals surface area contributed by atoms with Crippen LogP contribution in [0.15, 0.2) is 35.1 Å². The summed E-state index contributed by atoms with van der Waals surface area (Å²) in [6, 6.07) is 7.96. The van der Waals surface area contributed by atoms with E-state index in [1.54, 1.807) is 11.7 Å². The Morgan fingerprint density at radius 1 is 1.25 bits per heavy atom. The summed E-state index contributed by atoms with van der Waals surface area (Å²) >= 11 is 3.29. The Kier molecular flexibility index (Phi) is 3.14. The zero-order chi connectivity index (χ0) is 11.5. The molecule has 0 unspecified atom stereocenters. The van der Waals surface area contributed by atoms with Gasteiger partial charge < -0.3 is 14.0 Å². The zero-order valence-electron chi connectivity index (χ0n) is 8.98. The molecule has 16 heavy (non-hydrogen) atoms. The quantitative estimate of drug-likeness (QED) is 0.868. The number of methoxy groups -OCH3 is 1. The summed E-state index contributed by atoms with van der Waals surface area (Å²) in [5, 5.41) is 0. The van der Waals surface area contributed by atoms with E-state index in [9.17, 15) is 0 Å². The van der Waals surface area contributed by atoms with Gasteiger partial charge in [-0.05, 0) is 28.1 Å². The number of hydrogen-bond acceptors (Lipinski definition) is 3. The topological polar surface area (TPSA) is 36.3 Å². The first-order chi connectivity index (χ1) is 7.70. The van der Waals surface area contributed by atoms with Crippen molar-refractivity contribution >= 4 is 15.9 Å². The summed E-state index contributed by atoms with van der Waals surface area (Å²) in [6.07, 6.45) is 1.82. The Hall–Kier alpha value is -1.49. The predicted octanol–water partition coefficient (Wildman–Crippen LogP) is 2.98. The number of para-hydroxylation sites is 2. The average molecular weight is 283 g/mol. The molecule has 0 aliphatic rings. The number of aromatic nitrogens is 2. The minimum absolute atomic E-state index is 0.511. The first kappa shape index (κ1) is 11.0. The summed E-state index contributed by atoms with van der Waals surface area (Å²) in [6.45, 7) is 0. The molecule has 0 bridgehead atoms. The molecule has 2 rings (SSSR count). The van der Waals surface area contributed by atoms with E-state index in [1.807, 2.05) is 37.5 Å². The Bertz CT molecular complexity index is 496. The molecule has 0 saturated heterocycles. The Morgan fingerprint density at radius 2 is 1.94 bits per heavy atom. The molecule has 2 aromatic rings. The van der Waals surface area contributed by atoms with Crippen molar-refractivity contribution in [3.63, 3.8) is 0 Å². The lowest BCUT2D eigenvalue weighted by molar-refractivity contribution is 0.362. The summed E-state index contributed by atoms with van der Waals surface area (Å²) in [4.78, 5) is 4.18. The van der Waals surface area contributed by atoms with Crippen molar-refractivity contribution in [3.05, 3.63) is 35.1 Å². The van der Waals surface area contributed by atoms with Crippen LogP contribution in [0, 0.1) is 0 Å². The number of ether oxygens (including phenoxy) is 2. The molecule has 0 N–H and O–H groups in total. The van der Waals surface area contributed by atoms with Gasteiger partial charge in [0.15, 0.2) is 11.5 Å². The number of halogens is 1. The smallest absolute Gasteiger partial charge is 0.302 e. The predicted molar refractivity (Wildman–Crippen MR) is 64.0 cm³/mol. The maximum Gasteiger partial charge on any atom is 0.302 e. The van der Waals surface area contributed by atoms with E-state index in [0.717, 1.165) is 4.60 Å². The molecule has 1 aromatic heterocycles. The molecular weight excluding hydrogens is 272 g/mol. The van der Waals surface area contributed by atoms with Crippen LogP contribution in [0.5, 0.6) is 17.5 Å². The van der Waals surface area contributed by atoms with Crippen molar-refractivity contribution in [3.8, 4) is 17.5 Å². The van der Waals surface area contributed by atoms with Gasteiger partial charge in [-0.1, -0.05) is 12.1 Å². The number of imidazole rings is 1. The summed E-state index contributed by atoms with van der Waals surface area (Å²) < 4.78 is 13.4. The summed E-state index contributed by atoms with van der Waals surface area (Å²) in [7, 11) is 3.47. The Morgan fingerprint density at radius 3 is 2.50 bits per heavy atom. The van der Waals surface area contributed by atoms with Gasteiger partial charge in [0.1, 0.15) is 4.60 Å².